The molecule has 1 aromatic carbocycles. The molecule has 2 heterocycles. The zero-order chi connectivity index (χ0) is 17.6. The van der Waals surface area contributed by atoms with Crippen LogP contribution in [0.4, 0.5) is 5.69 Å². The number of nitrogens with one attached hydrogen (secondary N) is 2. The Morgan fingerprint density at radius 1 is 1.36 bits per heavy atom. The minimum atomic E-state index is -0.0647. The highest BCUT2D eigenvalue weighted by Crippen LogP contribution is 2.22. The van der Waals surface area contributed by atoms with E-state index in [0.717, 1.165) is 36.7 Å². The Kier molecular flexibility index (Phi) is 6.34. The zero-order valence-electron chi connectivity index (χ0n) is 14.5. The van der Waals surface area contributed by atoms with Gasteiger partial charge in [-0.15, -0.1) is 0 Å². The Morgan fingerprint density at radius 2 is 2.16 bits per heavy atom. The van der Waals surface area contributed by atoms with Gasteiger partial charge in [0.05, 0.1) is 13.2 Å². The van der Waals surface area contributed by atoms with Gasteiger partial charge in [-0.3, -0.25) is 9.59 Å². The molecular formula is C18H25N3O3S. The lowest BCUT2D eigenvalue weighted by atomic mass is 10.0. The van der Waals surface area contributed by atoms with E-state index in [0.29, 0.717) is 30.9 Å². The van der Waals surface area contributed by atoms with E-state index in [-0.39, 0.29) is 17.9 Å². The van der Waals surface area contributed by atoms with Gasteiger partial charge in [0, 0.05) is 54.9 Å². The van der Waals surface area contributed by atoms with Crippen molar-refractivity contribution in [1.82, 2.24) is 10.2 Å². The Morgan fingerprint density at radius 3 is 2.88 bits per heavy atom. The maximum absolute atomic E-state index is 12.8. The van der Waals surface area contributed by atoms with E-state index in [1.54, 1.807) is 0 Å². The summed E-state index contributed by atoms with van der Waals surface area (Å²) in [4.78, 5) is 27.0. The van der Waals surface area contributed by atoms with Gasteiger partial charge in [0.15, 0.2) is 0 Å². The summed E-state index contributed by atoms with van der Waals surface area (Å²) in [5.74, 6) is 1.95. The number of hydrogen-bond acceptors (Lipinski definition) is 5. The molecule has 7 heteroatoms. The van der Waals surface area contributed by atoms with E-state index in [1.807, 2.05) is 41.8 Å². The monoisotopic (exact) mass is 363 g/mol. The number of anilines is 1. The van der Waals surface area contributed by atoms with Crippen molar-refractivity contribution in [3.63, 3.8) is 0 Å². The first kappa shape index (κ1) is 18.2. The summed E-state index contributed by atoms with van der Waals surface area (Å²) in [5.41, 5.74) is 2.20. The number of thioether (sulfide) groups is 1. The summed E-state index contributed by atoms with van der Waals surface area (Å²) in [5, 5.41) is 6.22. The number of nitrogens with zero attached hydrogens (tertiary/aromatic N) is 1. The van der Waals surface area contributed by atoms with Crippen molar-refractivity contribution in [3.05, 3.63) is 29.3 Å². The lowest BCUT2D eigenvalue weighted by molar-refractivity contribution is -0.117. The van der Waals surface area contributed by atoms with Crippen LogP contribution in [-0.2, 0) is 9.53 Å². The number of ether oxygens (including phenoxy) is 1. The van der Waals surface area contributed by atoms with Crippen LogP contribution in [0.15, 0.2) is 18.2 Å². The SMILES string of the molecule is Cc1c(NC(=O)CC2COCCN2)cccc1C(=O)N1CCSCC1. The van der Waals surface area contributed by atoms with Crippen molar-refractivity contribution in [2.45, 2.75) is 19.4 Å². The van der Waals surface area contributed by atoms with Gasteiger partial charge < -0.3 is 20.3 Å². The number of carbonyl (C=O) groups excluding carboxylic acids is 2. The molecule has 0 spiro atoms. The summed E-state index contributed by atoms with van der Waals surface area (Å²) >= 11 is 1.88. The molecule has 0 saturated carbocycles. The molecule has 25 heavy (non-hydrogen) atoms. The molecule has 2 amide bonds. The largest absolute Gasteiger partial charge is 0.378 e. The maximum atomic E-state index is 12.8. The van der Waals surface area contributed by atoms with E-state index in [1.165, 1.54) is 0 Å². The fraction of sp³-hybridized carbons (Fsp3) is 0.556. The van der Waals surface area contributed by atoms with E-state index < -0.39 is 0 Å². The third-order valence-corrected chi connectivity index (χ3v) is 5.51. The quantitative estimate of drug-likeness (QED) is 0.848. The van der Waals surface area contributed by atoms with Crippen LogP contribution in [0, 0.1) is 6.92 Å². The molecule has 136 valence electrons. The van der Waals surface area contributed by atoms with E-state index in [9.17, 15) is 9.59 Å². The van der Waals surface area contributed by atoms with Gasteiger partial charge in [-0.1, -0.05) is 6.07 Å². The zero-order valence-corrected chi connectivity index (χ0v) is 15.4. The van der Waals surface area contributed by atoms with Gasteiger partial charge in [0.25, 0.3) is 5.91 Å². The number of amides is 2. The van der Waals surface area contributed by atoms with Crippen LogP contribution in [-0.4, -0.2) is 67.1 Å². The van der Waals surface area contributed by atoms with Crippen LogP contribution < -0.4 is 10.6 Å². The maximum Gasteiger partial charge on any atom is 0.254 e. The van der Waals surface area contributed by atoms with Gasteiger partial charge in [0.2, 0.25) is 5.91 Å². The van der Waals surface area contributed by atoms with Gasteiger partial charge in [0.1, 0.15) is 0 Å². The molecular weight excluding hydrogens is 338 g/mol. The highest BCUT2D eigenvalue weighted by Gasteiger charge is 2.22. The number of carbonyl (C=O) groups is 2. The fourth-order valence-corrected chi connectivity index (χ4v) is 4.02. The minimum Gasteiger partial charge on any atom is -0.378 e. The Hall–Kier alpha value is -1.57. The van der Waals surface area contributed by atoms with E-state index in [4.69, 9.17) is 4.74 Å². The van der Waals surface area contributed by atoms with Gasteiger partial charge >= 0.3 is 0 Å². The second kappa shape index (κ2) is 8.69. The average Bonchev–Trinajstić information content (AvgIpc) is 2.64. The smallest absolute Gasteiger partial charge is 0.254 e. The standard InChI is InChI=1S/C18H25N3O3S/c1-13-15(18(23)21-6-9-25-10-7-21)3-2-4-16(13)20-17(22)11-14-12-24-8-5-19-14/h2-4,14,19H,5-12H2,1H3,(H,20,22). The van der Waals surface area contributed by atoms with Crippen LogP contribution in [0.1, 0.15) is 22.3 Å². The number of rotatable bonds is 4. The molecule has 1 unspecified atom stereocenters. The van der Waals surface area contributed by atoms with Crippen LogP contribution in [0.25, 0.3) is 0 Å². The molecule has 0 aliphatic carbocycles. The first-order valence-electron chi connectivity index (χ1n) is 8.73. The molecule has 3 rings (SSSR count). The van der Waals surface area contributed by atoms with Gasteiger partial charge in [-0.05, 0) is 24.6 Å². The van der Waals surface area contributed by atoms with Crippen LogP contribution in [0.2, 0.25) is 0 Å². The first-order valence-corrected chi connectivity index (χ1v) is 9.88. The normalized spacial score (nSPS) is 21.0. The highest BCUT2D eigenvalue weighted by atomic mass is 32.2. The lowest BCUT2D eigenvalue weighted by Gasteiger charge is -2.27. The Balaban J connectivity index is 1.65. The summed E-state index contributed by atoms with van der Waals surface area (Å²) in [6.45, 7) is 5.48. The molecule has 6 nitrogen and oxygen atoms in total. The van der Waals surface area contributed by atoms with Crippen molar-refractivity contribution < 1.29 is 14.3 Å². The van der Waals surface area contributed by atoms with Gasteiger partial charge in [-0.2, -0.15) is 11.8 Å². The van der Waals surface area contributed by atoms with Crippen molar-refractivity contribution in [1.29, 1.82) is 0 Å². The van der Waals surface area contributed by atoms with Crippen molar-refractivity contribution in [2.24, 2.45) is 0 Å². The number of benzene rings is 1. The van der Waals surface area contributed by atoms with E-state index in [2.05, 4.69) is 10.6 Å². The number of morpholine rings is 1. The number of hydrogen-bond donors (Lipinski definition) is 2. The van der Waals surface area contributed by atoms with Crippen molar-refractivity contribution in [2.75, 3.05) is 49.7 Å². The van der Waals surface area contributed by atoms with E-state index >= 15 is 0 Å². The molecule has 1 aromatic rings. The molecule has 0 radical (unpaired) electrons. The lowest BCUT2D eigenvalue weighted by Crippen LogP contribution is -2.43. The van der Waals surface area contributed by atoms with Crippen molar-refractivity contribution in [3.8, 4) is 0 Å². The summed E-state index contributed by atoms with van der Waals surface area (Å²) in [6, 6.07) is 5.56. The summed E-state index contributed by atoms with van der Waals surface area (Å²) in [7, 11) is 0. The second-order valence-electron chi connectivity index (χ2n) is 6.36. The fourth-order valence-electron chi connectivity index (χ4n) is 3.12. The Labute approximate surface area is 152 Å². The predicted molar refractivity (Wildman–Crippen MR) is 100 cm³/mol. The average molecular weight is 363 g/mol. The van der Waals surface area contributed by atoms with Crippen LogP contribution in [0.5, 0.6) is 0 Å². The third kappa shape index (κ3) is 4.74. The molecule has 0 bridgehead atoms. The Bertz CT molecular complexity index is 626. The minimum absolute atomic E-state index is 0.0460. The highest BCUT2D eigenvalue weighted by molar-refractivity contribution is 7.99. The second-order valence-corrected chi connectivity index (χ2v) is 7.59. The topological polar surface area (TPSA) is 70.7 Å². The molecule has 0 aromatic heterocycles. The molecule has 2 aliphatic heterocycles. The predicted octanol–water partition coefficient (Wildman–Crippen LogP) is 1.50. The van der Waals surface area contributed by atoms with Crippen molar-refractivity contribution >= 4 is 29.3 Å². The molecule has 2 aliphatic rings. The third-order valence-electron chi connectivity index (χ3n) is 4.57. The molecule has 2 fully saturated rings. The summed E-state index contributed by atoms with van der Waals surface area (Å²) < 4.78 is 5.38. The first-order chi connectivity index (χ1) is 12.1. The van der Waals surface area contributed by atoms with Crippen LogP contribution >= 0.6 is 11.8 Å². The van der Waals surface area contributed by atoms with Gasteiger partial charge in [-0.25, -0.2) is 0 Å². The molecule has 2 saturated heterocycles. The van der Waals surface area contributed by atoms with Crippen LogP contribution in [0.3, 0.4) is 0 Å². The molecule has 2 N–H and O–H groups in total. The summed E-state index contributed by atoms with van der Waals surface area (Å²) in [6.07, 6.45) is 0.362. The molecule has 1 atom stereocenters.